The van der Waals surface area contributed by atoms with Crippen molar-refractivity contribution in [2.45, 2.75) is 63.9 Å². The second-order valence-electron chi connectivity index (χ2n) is 6.70. The number of fused-ring (bicyclic) bond motifs is 2. The normalized spacial score (nSPS) is 63.4. The summed E-state index contributed by atoms with van der Waals surface area (Å²) < 4.78 is 11.5. The molecule has 4 aliphatic rings. The van der Waals surface area contributed by atoms with Crippen molar-refractivity contribution < 1.29 is 9.47 Å². The van der Waals surface area contributed by atoms with Gasteiger partial charge in [0, 0.05) is 0 Å². The van der Waals surface area contributed by atoms with E-state index >= 15 is 0 Å². The molecule has 2 aliphatic heterocycles. The van der Waals surface area contributed by atoms with Crippen LogP contribution in [0.5, 0.6) is 0 Å². The molecule has 0 aromatic heterocycles. The van der Waals surface area contributed by atoms with Crippen LogP contribution in [0.15, 0.2) is 0 Å². The third-order valence-corrected chi connectivity index (χ3v) is 5.45. The summed E-state index contributed by atoms with van der Waals surface area (Å²) in [4.78, 5) is 0. The monoisotopic (exact) mass is 222 g/mol. The van der Waals surface area contributed by atoms with Gasteiger partial charge in [-0.25, -0.2) is 0 Å². The second kappa shape index (κ2) is 3.23. The number of epoxide rings is 2. The largest absolute Gasteiger partial charge is 0.369 e. The minimum absolute atomic E-state index is 0.627. The number of rotatable bonds is 1. The lowest BCUT2D eigenvalue weighted by Crippen LogP contribution is -2.32. The Hall–Kier alpha value is -0.0800. The van der Waals surface area contributed by atoms with Crippen LogP contribution < -0.4 is 0 Å². The van der Waals surface area contributed by atoms with Gasteiger partial charge in [0.15, 0.2) is 0 Å². The minimum Gasteiger partial charge on any atom is -0.369 e. The summed E-state index contributed by atoms with van der Waals surface area (Å²) in [5, 5.41) is 0. The molecule has 2 saturated carbocycles. The number of ether oxygens (including phenoxy) is 2. The van der Waals surface area contributed by atoms with E-state index in [1.54, 1.807) is 0 Å². The fraction of sp³-hybridized carbons (Fsp3) is 1.00. The van der Waals surface area contributed by atoms with E-state index in [-0.39, 0.29) is 0 Å². The summed E-state index contributed by atoms with van der Waals surface area (Å²) >= 11 is 0. The Bertz CT molecular complexity index is 273. The first-order valence-electron chi connectivity index (χ1n) is 7.03. The Morgan fingerprint density at radius 1 is 0.688 bits per heavy atom. The molecule has 2 heterocycles. The van der Waals surface area contributed by atoms with Crippen LogP contribution in [0.4, 0.5) is 0 Å². The first-order chi connectivity index (χ1) is 7.72. The maximum Gasteiger partial charge on any atom is 0.0867 e. The van der Waals surface area contributed by atoms with E-state index < -0.39 is 0 Å². The van der Waals surface area contributed by atoms with Crippen molar-refractivity contribution in [3.8, 4) is 0 Å². The van der Waals surface area contributed by atoms with Gasteiger partial charge in [-0.05, 0) is 49.4 Å². The highest BCUT2D eigenvalue weighted by Crippen LogP contribution is 2.52. The molecular weight excluding hydrogens is 200 g/mol. The zero-order valence-corrected chi connectivity index (χ0v) is 10.3. The van der Waals surface area contributed by atoms with Gasteiger partial charge in [-0.15, -0.1) is 0 Å². The predicted octanol–water partition coefficient (Wildman–Crippen LogP) is 2.61. The third-order valence-electron chi connectivity index (χ3n) is 5.45. The molecule has 0 aromatic rings. The fourth-order valence-electron chi connectivity index (χ4n) is 4.48. The van der Waals surface area contributed by atoms with Crippen LogP contribution in [0, 0.1) is 23.7 Å². The molecule has 2 nitrogen and oxygen atoms in total. The van der Waals surface area contributed by atoms with E-state index in [0.29, 0.717) is 24.4 Å². The summed E-state index contributed by atoms with van der Waals surface area (Å²) in [6, 6.07) is 0. The van der Waals surface area contributed by atoms with Crippen molar-refractivity contribution in [3.05, 3.63) is 0 Å². The molecule has 90 valence electrons. The van der Waals surface area contributed by atoms with Gasteiger partial charge in [0.1, 0.15) is 0 Å². The fourth-order valence-corrected chi connectivity index (χ4v) is 4.48. The minimum atomic E-state index is 0.627. The van der Waals surface area contributed by atoms with Gasteiger partial charge in [-0.2, -0.15) is 0 Å². The Morgan fingerprint density at radius 3 is 1.50 bits per heavy atom. The smallest absolute Gasteiger partial charge is 0.0867 e. The SMILES string of the molecule is CC1CC(C2CC(C)C3OC3C2)CC2OC12. The summed E-state index contributed by atoms with van der Waals surface area (Å²) in [6.07, 6.45) is 7.98. The molecule has 0 aromatic carbocycles. The topological polar surface area (TPSA) is 25.1 Å². The van der Waals surface area contributed by atoms with E-state index in [2.05, 4.69) is 13.8 Å². The van der Waals surface area contributed by atoms with Crippen molar-refractivity contribution in [1.29, 1.82) is 0 Å². The average molecular weight is 222 g/mol. The van der Waals surface area contributed by atoms with Gasteiger partial charge in [0.25, 0.3) is 0 Å². The first-order valence-corrected chi connectivity index (χ1v) is 7.03. The Morgan fingerprint density at radius 2 is 1.12 bits per heavy atom. The molecular formula is C14H22O2. The first kappa shape index (κ1) is 9.90. The Balaban J connectivity index is 1.45. The second-order valence-corrected chi connectivity index (χ2v) is 6.70. The zero-order valence-electron chi connectivity index (χ0n) is 10.3. The highest BCUT2D eigenvalue weighted by atomic mass is 16.6. The van der Waals surface area contributed by atoms with Gasteiger partial charge in [-0.3, -0.25) is 0 Å². The predicted molar refractivity (Wildman–Crippen MR) is 61.1 cm³/mol. The molecule has 0 radical (unpaired) electrons. The quantitative estimate of drug-likeness (QED) is 0.637. The van der Waals surface area contributed by atoms with Crippen molar-refractivity contribution >= 4 is 0 Å². The van der Waals surface area contributed by atoms with E-state index in [1.807, 2.05) is 0 Å². The standard InChI is InChI=1S/C14H22O2/c1-7-3-9(5-11-13(7)15-11)10-4-8(2)14-12(6-10)16-14/h7-14H,3-6H2,1-2H3. The lowest BCUT2D eigenvalue weighted by atomic mass is 9.69. The summed E-state index contributed by atoms with van der Waals surface area (Å²) in [6.45, 7) is 4.75. The molecule has 8 atom stereocenters. The number of hydrogen-bond acceptors (Lipinski definition) is 2. The maximum absolute atomic E-state index is 5.74. The molecule has 0 amide bonds. The van der Waals surface area contributed by atoms with Crippen molar-refractivity contribution in [2.24, 2.45) is 23.7 Å². The van der Waals surface area contributed by atoms with Gasteiger partial charge in [0.05, 0.1) is 24.4 Å². The highest BCUT2D eigenvalue weighted by molar-refractivity contribution is 5.02. The van der Waals surface area contributed by atoms with Crippen molar-refractivity contribution in [3.63, 3.8) is 0 Å². The zero-order chi connectivity index (χ0) is 10.9. The van der Waals surface area contributed by atoms with Crippen LogP contribution in [-0.2, 0) is 9.47 Å². The molecule has 0 bridgehead atoms. The third kappa shape index (κ3) is 1.46. The molecule has 2 heteroatoms. The molecule has 2 saturated heterocycles. The van der Waals surface area contributed by atoms with Gasteiger partial charge in [0.2, 0.25) is 0 Å². The Kier molecular flexibility index (Phi) is 2.00. The lowest BCUT2D eigenvalue weighted by Gasteiger charge is -2.34. The molecule has 16 heavy (non-hydrogen) atoms. The van der Waals surface area contributed by atoms with Crippen LogP contribution in [0.2, 0.25) is 0 Å². The molecule has 4 rings (SSSR count). The van der Waals surface area contributed by atoms with Gasteiger partial charge in [-0.1, -0.05) is 13.8 Å². The summed E-state index contributed by atoms with van der Waals surface area (Å²) in [7, 11) is 0. The highest BCUT2D eigenvalue weighted by Gasteiger charge is 2.54. The van der Waals surface area contributed by atoms with Crippen LogP contribution in [-0.4, -0.2) is 24.4 Å². The van der Waals surface area contributed by atoms with Crippen LogP contribution in [0.3, 0.4) is 0 Å². The Labute approximate surface area is 97.7 Å². The van der Waals surface area contributed by atoms with Crippen LogP contribution >= 0.6 is 0 Å². The molecule has 8 unspecified atom stereocenters. The van der Waals surface area contributed by atoms with Crippen molar-refractivity contribution in [2.75, 3.05) is 0 Å². The number of hydrogen-bond donors (Lipinski definition) is 0. The molecule has 0 spiro atoms. The van der Waals surface area contributed by atoms with Gasteiger partial charge < -0.3 is 9.47 Å². The van der Waals surface area contributed by atoms with E-state index in [1.165, 1.54) is 25.7 Å². The van der Waals surface area contributed by atoms with E-state index in [0.717, 1.165) is 23.7 Å². The molecule has 2 aliphatic carbocycles. The maximum atomic E-state index is 5.74. The van der Waals surface area contributed by atoms with E-state index in [4.69, 9.17) is 9.47 Å². The summed E-state index contributed by atoms with van der Waals surface area (Å²) in [5.41, 5.74) is 0. The van der Waals surface area contributed by atoms with E-state index in [9.17, 15) is 0 Å². The molecule has 0 N–H and O–H groups in total. The van der Waals surface area contributed by atoms with Gasteiger partial charge >= 0.3 is 0 Å². The lowest BCUT2D eigenvalue weighted by molar-refractivity contribution is 0.173. The van der Waals surface area contributed by atoms with Crippen LogP contribution in [0.25, 0.3) is 0 Å². The van der Waals surface area contributed by atoms with Crippen LogP contribution in [0.1, 0.15) is 39.5 Å². The summed E-state index contributed by atoms with van der Waals surface area (Å²) in [5.74, 6) is 3.45. The average Bonchev–Trinajstić information content (AvgIpc) is 3.10. The van der Waals surface area contributed by atoms with Crippen molar-refractivity contribution in [1.82, 2.24) is 0 Å². The molecule has 4 fully saturated rings.